The number of hydrogen-bond donors (Lipinski definition) is 3. The van der Waals surface area contributed by atoms with Gasteiger partial charge < -0.3 is 16.4 Å². The van der Waals surface area contributed by atoms with Crippen molar-refractivity contribution in [2.75, 3.05) is 11.1 Å². The molecule has 0 saturated heterocycles. The van der Waals surface area contributed by atoms with E-state index in [2.05, 4.69) is 10.6 Å². The molecule has 2 rings (SSSR count). The van der Waals surface area contributed by atoms with Crippen molar-refractivity contribution in [3.05, 3.63) is 59.7 Å². The third-order valence-electron chi connectivity index (χ3n) is 2.96. The van der Waals surface area contributed by atoms with Gasteiger partial charge in [0.25, 0.3) is 0 Å². The van der Waals surface area contributed by atoms with E-state index < -0.39 is 0 Å². The Balaban J connectivity index is 1.92. The second kappa shape index (κ2) is 5.91. The molecule has 0 fully saturated rings. The summed E-state index contributed by atoms with van der Waals surface area (Å²) in [5.41, 5.74) is 9.35. The van der Waals surface area contributed by atoms with E-state index in [0.717, 1.165) is 22.5 Å². The number of benzene rings is 2. The Morgan fingerprint density at radius 2 is 1.84 bits per heavy atom. The number of amides is 2. The average Bonchev–Trinajstić information content (AvgIpc) is 2.42. The Hall–Kier alpha value is -2.49. The molecule has 4 heteroatoms. The number of nitrogens with one attached hydrogen (secondary N) is 2. The minimum atomic E-state index is -0.229. The minimum Gasteiger partial charge on any atom is -0.399 e. The summed E-state index contributed by atoms with van der Waals surface area (Å²) in [6.07, 6.45) is 0. The molecule has 2 aromatic rings. The van der Waals surface area contributed by atoms with Crippen LogP contribution in [0.1, 0.15) is 11.1 Å². The standard InChI is InChI=1S/C15H17N3O/c1-11-12(6-5-9-14(11)16)10-17-15(19)18-13-7-3-2-4-8-13/h2-9H,10,16H2,1H3,(H2,17,18,19). The summed E-state index contributed by atoms with van der Waals surface area (Å²) >= 11 is 0. The van der Waals surface area contributed by atoms with Crippen LogP contribution in [0.5, 0.6) is 0 Å². The minimum absolute atomic E-state index is 0.229. The Labute approximate surface area is 112 Å². The zero-order valence-corrected chi connectivity index (χ0v) is 10.8. The molecule has 0 aliphatic rings. The molecule has 4 nitrogen and oxygen atoms in total. The van der Waals surface area contributed by atoms with Crippen LogP contribution in [0.4, 0.5) is 16.2 Å². The molecule has 2 aromatic carbocycles. The van der Waals surface area contributed by atoms with Crippen molar-refractivity contribution in [2.24, 2.45) is 0 Å². The van der Waals surface area contributed by atoms with E-state index in [1.165, 1.54) is 0 Å². The second-order valence-electron chi connectivity index (χ2n) is 4.31. The number of para-hydroxylation sites is 1. The third kappa shape index (κ3) is 3.48. The summed E-state index contributed by atoms with van der Waals surface area (Å²) in [6.45, 7) is 2.40. The lowest BCUT2D eigenvalue weighted by atomic mass is 10.1. The first-order chi connectivity index (χ1) is 9.16. The Kier molecular flexibility index (Phi) is 4.03. The third-order valence-corrected chi connectivity index (χ3v) is 2.96. The first-order valence-corrected chi connectivity index (χ1v) is 6.10. The van der Waals surface area contributed by atoms with Crippen molar-refractivity contribution in [1.82, 2.24) is 5.32 Å². The summed E-state index contributed by atoms with van der Waals surface area (Å²) < 4.78 is 0. The lowest BCUT2D eigenvalue weighted by molar-refractivity contribution is 0.251. The molecule has 0 radical (unpaired) electrons. The quantitative estimate of drug-likeness (QED) is 0.738. The lowest BCUT2D eigenvalue weighted by Gasteiger charge is -2.10. The van der Waals surface area contributed by atoms with Crippen LogP contribution < -0.4 is 16.4 Å². The zero-order valence-electron chi connectivity index (χ0n) is 10.8. The molecule has 0 saturated carbocycles. The van der Waals surface area contributed by atoms with Crippen LogP contribution in [0.3, 0.4) is 0 Å². The molecule has 4 N–H and O–H groups in total. The van der Waals surface area contributed by atoms with Gasteiger partial charge in [-0.15, -0.1) is 0 Å². The summed E-state index contributed by atoms with van der Waals surface area (Å²) in [5, 5.41) is 5.57. The van der Waals surface area contributed by atoms with Crippen molar-refractivity contribution in [3.8, 4) is 0 Å². The van der Waals surface area contributed by atoms with Crippen LogP contribution in [0.15, 0.2) is 48.5 Å². The normalized spacial score (nSPS) is 9.95. The highest BCUT2D eigenvalue weighted by Gasteiger charge is 2.04. The van der Waals surface area contributed by atoms with Gasteiger partial charge in [0.15, 0.2) is 0 Å². The van der Waals surface area contributed by atoms with Crippen molar-refractivity contribution < 1.29 is 4.79 Å². The maximum atomic E-state index is 11.7. The predicted molar refractivity (Wildman–Crippen MR) is 77.9 cm³/mol. The monoisotopic (exact) mass is 255 g/mol. The zero-order chi connectivity index (χ0) is 13.7. The molecule has 2 amide bonds. The number of hydrogen-bond acceptors (Lipinski definition) is 2. The molecule has 0 heterocycles. The fourth-order valence-corrected chi connectivity index (χ4v) is 1.77. The van der Waals surface area contributed by atoms with Crippen molar-refractivity contribution >= 4 is 17.4 Å². The molecule has 0 bridgehead atoms. The number of anilines is 2. The van der Waals surface area contributed by atoms with Gasteiger partial charge in [-0.3, -0.25) is 0 Å². The van der Waals surface area contributed by atoms with Gasteiger partial charge in [-0.05, 0) is 36.2 Å². The topological polar surface area (TPSA) is 67.1 Å². The number of nitrogen functional groups attached to an aromatic ring is 1. The van der Waals surface area contributed by atoms with Crippen LogP contribution in [0.2, 0.25) is 0 Å². The fraction of sp³-hybridized carbons (Fsp3) is 0.133. The number of carbonyl (C=O) groups excluding carboxylic acids is 1. The van der Waals surface area contributed by atoms with Crippen molar-refractivity contribution in [2.45, 2.75) is 13.5 Å². The number of urea groups is 1. The summed E-state index contributed by atoms with van der Waals surface area (Å²) in [5.74, 6) is 0. The molecular formula is C15H17N3O. The first-order valence-electron chi connectivity index (χ1n) is 6.10. The van der Waals surface area contributed by atoms with Crippen molar-refractivity contribution in [1.29, 1.82) is 0 Å². The maximum Gasteiger partial charge on any atom is 0.319 e. The second-order valence-corrected chi connectivity index (χ2v) is 4.31. The van der Waals surface area contributed by atoms with Crippen LogP contribution in [-0.4, -0.2) is 6.03 Å². The van der Waals surface area contributed by atoms with E-state index in [1.54, 1.807) is 0 Å². The smallest absolute Gasteiger partial charge is 0.319 e. The molecule has 0 unspecified atom stereocenters. The molecule has 0 aromatic heterocycles. The molecule has 0 atom stereocenters. The van der Waals surface area contributed by atoms with E-state index >= 15 is 0 Å². The average molecular weight is 255 g/mol. The first kappa shape index (κ1) is 13.0. The number of nitrogens with two attached hydrogens (primary N) is 1. The highest BCUT2D eigenvalue weighted by atomic mass is 16.2. The van der Waals surface area contributed by atoms with E-state index in [0.29, 0.717) is 6.54 Å². The highest BCUT2D eigenvalue weighted by Crippen LogP contribution is 2.15. The van der Waals surface area contributed by atoms with Gasteiger partial charge in [-0.1, -0.05) is 30.3 Å². The molecule has 0 aliphatic heterocycles. The maximum absolute atomic E-state index is 11.7. The Morgan fingerprint density at radius 3 is 2.58 bits per heavy atom. The highest BCUT2D eigenvalue weighted by molar-refractivity contribution is 5.89. The summed E-state index contributed by atoms with van der Waals surface area (Å²) in [6, 6.07) is 14.8. The van der Waals surface area contributed by atoms with Gasteiger partial charge in [0.1, 0.15) is 0 Å². The van der Waals surface area contributed by atoms with E-state index in [4.69, 9.17) is 5.73 Å². The SMILES string of the molecule is Cc1c(N)cccc1CNC(=O)Nc1ccccc1. The molecule has 0 aliphatic carbocycles. The predicted octanol–water partition coefficient (Wildman–Crippen LogP) is 2.90. The summed E-state index contributed by atoms with van der Waals surface area (Å²) in [7, 11) is 0. The van der Waals surface area contributed by atoms with Gasteiger partial charge in [0.2, 0.25) is 0 Å². The Bertz CT molecular complexity index is 567. The van der Waals surface area contributed by atoms with Crippen molar-refractivity contribution in [3.63, 3.8) is 0 Å². The van der Waals surface area contributed by atoms with Gasteiger partial charge in [0, 0.05) is 17.9 Å². The molecular weight excluding hydrogens is 238 g/mol. The van der Waals surface area contributed by atoms with Gasteiger partial charge in [0.05, 0.1) is 0 Å². The lowest BCUT2D eigenvalue weighted by Crippen LogP contribution is -2.28. The molecule has 19 heavy (non-hydrogen) atoms. The largest absolute Gasteiger partial charge is 0.399 e. The van der Waals surface area contributed by atoms with E-state index in [-0.39, 0.29) is 6.03 Å². The van der Waals surface area contributed by atoms with Crippen LogP contribution in [0.25, 0.3) is 0 Å². The van der Waals surface area contributed by atoms with Gasteiger partial charge >= 0.3 is 6.03 Å². The molecule has 98 valence electrons. The number of rotatable bonds is 3. The van der Waals surface area contributed by atoms with Crippen LogP contribution in [-0.2, 0) is 6.54 Å². The van der Waals surface area contributed by atoms with E-state index in [9.17, 15) is 4.79 Å². The van der Waals surface area contributed by atoms with Gasteiger partial charge in [-0.2, -0.15) is 0 Å². The molecule has 0 spiro atoms. The van der Waals surface area contributed by atoms with Crippen LogP contribution >= 0.6 is 0 Å². The Morgan fingerprint density at radius 1 is 1.11 bits per heavy atom. The number of carbonyl (C=O) groups is 1. The summed E-state index contributed by atoms with van der Waals surface area (Å²) in [4.78, 5) is 11.7. The fourth-order valence-electron chi connectivity index (χ4n) is 1.77. The van der Waals surface area contributed by atoms with E-state index in [1.807, 2.05) is 55.5 Å². The van der Waals surface area contributed by atoms with Gasteiger partial charge in [-0.25, -0.2) is 4.79 Å². The van der Waals surface area contributed by atoms with Crippen LogP contribution in [0, 0.1) is 6.92 Å².